The molecule has 0 aromatic carbocycles. The number of quaternary nitrogens is 1. The van der Waals surface area contributed by atoms with Gasteiger partial charge in [-0.15, -0.1) is 0 Å². The van der Waals surface area contributed by atoms with Crippen molar-refractivity contribution in [3.8, 4) is 0 Å². The van der Waals surface area contributed by atoms with E-state index in [9.17, 15) is 29.7 Å². The highest BCUT2D eigenvalue weighted by Crippen LogP contribution is 2.34. The SMILES string of the molecule is CCCCCCCCCCCCCCCC/C=C/CCCCC[N+](C(CCC)C(=O)O)(C(CCC)C(=O)O)C(CCC)C(=O)O. The third-order valence-electron chi connectivity index (χ3n) is 9.59. The highest BCUT2D eigenvalue weighted by atomic mass is 16.4. The van der Waals surface area contributed by atoms with Crippen LogP contribution in [0.4, 0.5) is 0 Å². The van der Waals surface area contributed by atoms with Crippen LogP contribution in [0.1, 0.15) is 188 Å². The molecule has 264 valence electrons. The molecule has 3 atom stereocenters. The molecule has 0 saturated carbocycles. The van der Waals surface area contributed by atoms with Crippen molar-refractivity contribution in [2.75, 3.05) is 6.54 Å². The summed E-state index contributed by atoms with van der Waals surface area (Å²) < 4.78 is -0.384. The first-order valence-electron chi connectivity index (χ1n) is 18.9. The first-order chi connectivity index (χ1) is 21.7. The van der Waals surface area contributed by atoms with Crippen LogP contribution in [-0.2, 0) is 14.4 Å². The maximum Gasteiger partial charge on any atom is 0.362 e. The Kier molecular flexibility index (Phi) is 27.2. The minimum absolute atomic E-state index is 0.258. The lowest BCUT2D eigenvalue weighted by atomic mass is 9.91. The van der Waals surface area contributed by atoms with Gasteiger partial charge in [-0.2, -0.15) is 0 Å². The number of aliphatic carboxylic acids is 3. The van der Waals surface area contributed by atoms with Crippen LogP contribution in [0.25, 0.3) is 0 Å². The Hall–Kier alpha value is -1.89. The van der Waals surface area contributed by atoms with Gasteiger partial charge in [0.15, 0.2) is 18.1 Å². The standard InChI is InChI=1S/C38H71NO6/c1-5-9-10-11-12-13-14-15-16-17-18-19-20-21-22-23-24-25-26-27-28-32-39(33(29-6-2)36(40)41,34(30-7-3)37(42)43)35(31-8-4)38(44)45/h23-24,33-35H,5-22,25-32H2,1-4H3,(H2-,40,41,42,43,44,45)/p+1/b24-23+. The van der Waals surface area contributed by atoms with Crippen molar-refractivity contribution in [2.45, 2.75) is 206 Å². The van der Waals surface area contributed by atoms with Gasteiger partial charge in [-0.3, -0.25) is 4.48 Å². The summed E-state index contributed by atoms with van der Waals surface area (Å²) in [6, 6.07) is -3.17. The first kappa shape index (κ1) is 43.1. The number of hydrogen-bond donors (Lipinski definition) is 3. The van der Waals surface area contributed by atoms with Crippen LogP contribution in [-0.4, -0.2) is 62.4 Å². The lowest BCUT2D eigenvalue weighted by Crippen LogP contribution is -2.72. The van der Waals surface area contributed by atoms with Crippen molar-refractivity contribution in [3.05, 3.63) is 12.2 Å². The predicted octanol–water partition coefficient (Wildman–Crippen LogP) is 10.6. The zero-order valence-electron chi connectivity index (χ0n) is 29.8. The first-order valence-corrected chi connectivity index (χ1v) is 18.9. The van der Waals surface area contributed by atoms with Crippen molar-refractivity contribution in [1.82, 2.24) is 0 Å². The smallest absolute Gasteiger partial charge is 0.362 e. The molecule has 0 aliphatic carbocycles. The number of rotatable bonds is 33. The van der Waals surface area contributed by atoms with Gasteiger partial charge in [-0.05, 0) is 57.8 Å². The summed E-state index contributed by atoms with van der Waals surface area (Å²) in [5.41, 5.74) is 0. The fourth-order valence-electron chi connectivity index (χ4n) is 7.16. The second-order valence-electron chi connectivity index (χ2n) is 13.4. The van der Waals surface area contributed by atoms with E-state index in [0.29, 0.717) is 25.7 Å². The quantitative estimate of drug-likeness (QED) is 0.0374. The molecular weight excluding hydrogens is 566 g/mol. The molecule has 45 heavy (non-hydrogen) atoms. The van der Waals surface area contributed by atoms with E-state index in [1.165, 1.54) is 89.9 Å². The summed E-state index contributed by atoms with van der Waals surface area (Å²) in [5.74, 6) is -3.27. The summed E-state index contributed by atoms with van der Waals surface area (Å²) in [7, 11) is 0. The zero-order valence-corrected chi connectivity index (χ0v) is 29.8. The molecule has 0 rings (SSSR count). The lowest BCUT2D eigenvalue weighted by molar-refractivity contribution is -0.973. The lowest BCUT2D eigenvalue weighted by Gasteiger charge is -2.50. The molecule has 7 nitrogen and oxygen atoms in total. The van der Waals surface area contributed by atoms with Crippen LogP contribution >= 0.6 is 0 Å². The summed E-state index contributed by atoms with van der Waals surface area (Å²) in [5, 5.41) is 30.9. The van der Waals surface area contributed by atoms with Gasteiger partial charge in [-0.1, -0.05) is 123 Å². The molecule has 0 aliphatic heterocycles. The number of hydrogen-bond acceptors (Lipinski definition) is 3. The molecule has 0 fully saturated rings. The fraction of sp³-hybridized carbons (Fsp3) is 0.868. The molecule has 0 saturated heterocycles. The van der Waals surface area contributed by atoms with Crippen LogP contribution in [0.15, 0.2) is 12.2 Å². The third-order valence-corrected chi connectivity index (χ3v) is 9.59. The van der Waals surface area contributed by atoms with Gasteiger partial charge in [0.2, 0.25) is 0 Å². The number of nitrogens with zero attached hydrogens (tertiary/aromatic N) is 1. The molecule has 0 aromatic rings. The van der Waals surface area contributed by atoms with E-state index >= 15 is 0 Å². The van der Waals surface area contributed by atoms with Crippen LogP contribution in [0.5, 0.6) is 0 Å². The Morgan fingerprint density at radius 1 is 0.444 bits per heavy atom. The number of allylic oxidation sites excluding steroid dienone is 2. The van der Waals surface area contributed by atoms with E-state index in [1.54, 1.807) is 0 Å². The summed E-state index contributed by atoms with van der Waals surface area (Å²) in [6.45, 7) is 8.16. The second kappa shape index (κ2) is 28.3. The molecule has 0 aliphatic rings. The zero-order chi connectivity index (χ0) is 33.8. The van der Waals surface area contributed by atoms with Crippen LogP contribution in [0.2, 0.25) is 0 Å². The van der Waals surface area contributed by atoms with Gasteiger partial charge in [0, 0.05) is 19.3 Å². The molecular formula is C38H72NO6+. The van der Waals surface area contributed by atoms with Crippen molar-refractivity contribution >= 4 is 17.9 Å². The van der Waals surface area contributed by atoms with Crippen LogP contribution in [0, 0.1) is 0 Å². The van der Waals surface area contributed by atoms with E-state index in [-0.39, 0.29) is 30.3 Å². The number of unbranched alkanes of at least 4 members (excludes halogenated alkanes) is 17. The average molecular weight is 639 g/mol. The molecule has 0 bridgehead atoms. The minimum Gasteiger partial charge on any atom is -0.477 e. The molecule has 0 radical (unpaired) electrons. The molecule has 0 amide bonds. The highest BCUT2D eigenvalue weighted by Gasteiger charge is 2.56. The van der Waals surface area contributed by atoms with Crippen molar-refractivity contribution < 1.29 is 34.2 Å². The average Bonchev–Trinajstić information content (AvgIpc) is 3.00. The van der Waals surface area contributed by atoms with Gasteiger partial charge >= 0.3 is 17.9 Å². The van der Waals surface area contributed by atoms with E-state index in [4.69, 9.17) is 0 Å². The Balaban J connectivity index is 4.72. The molecule has 0 heterocycles. The second-order valence-corrected chi connectivity index (χ2v) is 13.4. The van der Waals surface area contributed by atoms with Crippen LogP contribution < -0.4 is 0 Å². The van der Waals surface area contributed by atoms with E-state index in [0.717, 1.165) is 25.7 Å². The van der Waals surface area contributed by atoms with Gasteiger partial charge in [0.25, 0.3) is 0 Å². The monoisotopic (exact) mass is 639 g/mol. The fourth-order valence-corrected chi connectivity index (χ4v) is 7.16. The third kappa shape index (κ3) is 18.1. The maximum atomic E-state index is 12.6. The topological polar surface area (TPSA) is 112 Å². The molecule has 3 N–H and O–H groups in total. The summed E-state index contributed by atoms with van der Waals surface area (Å²) >= 11 is 0. The number of carbonyl (C=O) groups is 3. The normalized spacial score (nSPS) is 15.1. The minimum atomic E-state index is -1.09. The largest absolute Gasteiger partial charge is 0.477 e. The van der Waals surface area contributed by atoms with Gasteiger partial charge in [0.1, 0.15) is 0 Å². The van der Waals surface area contributed by atoms with Crippen molar-refractivity contribution in [2.24, 2.45) is 0 Å². The van der Waals surface area contributed by atoms with E-state index in [1.807, 2.05) is 20.8 Å². The molecule has 0 spiro atoms. The Morgan fingerprint density at radius 2 is 0.733 bits per heavy atom. The van der Waals surface area contributed by atoms with Crippen LogP contribution in [0.3, 0.4) is 0 Å². The van der Waals surface area contributed by atoms with E-state index < -0.39 is 36.0 Å². The Bertz CT molecular complexity index is 722. The molecule has 0 aromatic heterocycles. The van der Waals surface area contributed by atoms with E-state index in [2.05, 4.69) is 19.1 Å². The summed E-state index contributed by atoms with van der Waals surface area (Å²) in [6.07, 6.45) is 30.5. The number of carboxylic acid groups (broad SMARTS) is 3. The summed E-state index contributed by atoms with van der Waals surface area (Å²) in [4.78, 5) is 37.8. The molecule has 7 heteroatoms. The van der Waals surface area contributed by atoms with Gasteiger partial charge in [-0.25, -0.2) is 14.4 Å². The Labute approximate surface area is 276 Å². The highest BCUT2D eigenvalue weighted by molar-refractivity contribution is 5.78. The van der Waals surface area contributed by atoms with Gasteiger partial charge in [0.05, 0.1) is 6.54 Å². The predicted molar refractivity (Wildman–Crippen MR) is 187 cm³/mol. The van der Waals surface area contributed by atoms with Crippen molar-refractivity contribution in [3.63, 3.8) is 0 Å². The van der Waals surface area contributed by atoms with Crippen molar-refractivity contribution in [1.29, 1.82) is 0 Å². The maximum absolute atomic E-state index is 12.6. The Morgan fingerprint density at radius 3 is 1.02 bits per heavy atom. The van der Waals surface area contributed by atoms with Gasteiger partial charge < -0.3 is 15.3 Å². The molecule has 3 unspecified atom stereocenters. The number of carboxylic acids is 3.